The van der Waals surface area contributed by atoms with Crippen molar-refractivity contribution in [1.29, 1.82) is 0 Å². The summed E-state index contributed by atoms with van der Waals surface area (Å²) in [6.07, 6.45) is 8.07. The molecule has 0 aromatic carbocycles. The van der Waals surface area contributed by atoms with Gasteiger partial charge in [-0.25, -0.2) is 4.98 Å². The van der Waals surface area contributed by atoms with Crippen molar-refractivity contribution in [3.05, 3.63) is 24.0 Å². The van der Waals surface area contributed by atoms with Crippen molar-refractivity contribution in [3.8, 4) is 0 Å². The third-order valence-corrected chi connectivity index (χ3v) is 5.19. The number of anilines is 3. The van der Waals surface area contributed by atoms with Gasteiger partial charge in [-0.2, -0.15) is 10.1 Å². The highest BCUT2D eigenvalue weighted by Gasteiger charge is 2.23. The second-order valence-electron chi connectivity index (χ2n) is 6.89. The maximum atomic E-state index is 5.77. The van der Waals surface area contributed by atoms with Crippen LogP contribution in [0.15, 0.2) is 18.3 Å². The third-order valence-electron chi connectivity index (χ3n) is 5.19. The summed E-state index contributed by atoms with van der Waals surface area (Å²) in [7, 11) is 0. The molecule has 0 radical (unpaired) electrons. The molecule has 1 saturated heterocycles. The van der Waals surface area contributed by atoms with E-state index in [-0.39, 0.29) is 0 Å². The molecular weight excluding hydrogens is 302 g/mol. The molecular formula is C17H25N7. The van der Waals surface area contributed by atoms with Crippen molar-refractivity contribution >= 4 is 17.6 Å². The molecule has 2 fully saturated rings. The normalized spacial score (nSPS) is 21.5. The molecule has 2 aromatic heterocycles. The number of rotatable bonds is 5. The van der Waals surface area contributed by atoms with Crippen molar-refractivity contribution in [2.45, 2.75) is 38.0 Å². The number of aromatic nitrogens is 4. The van der Waals surface area contributed by atoms with E-state index in [2.05, 4.69) is 36.4 Å². The summed E-state index contributed by atoms with van der Waals surface area (Å²) >= 11 is 0. The Balaban J connectivity index is 1.44. The van der Waals surface area contributed by atoms with Crippen molar-refractivity contribution in [1.82, 2.24) is 20.2 Å². The molecule has 0 amide bonds. The van der Waals surface area contributed by atoms with Crippen LogP contribution in [-0.4, -0.2) is 39.8 Å². The SMILES string of the molecule is NC[C@@H]1CCN(c2nccc(Nc3cc(C4CCCC4)[nH]n3)n2)C1. The standard InChI is InChI=1S/C17H25N7/c18-10-12-6-8-24(11-12)17-19-7-5-15(21-17)20-16-9-14(22-23-16)13-3-1-2-4-13/h5,7,9,12-13H,1-4,6,8,10-11,18H2,(H2,19,20,21,22,23)/t12-/m0/s1. The minimum absolute atomic E-state index is 0.547. The average Bonchev–Trinajstić information content (AvgIpc) is 3.36. The van der Waals surface area contributed by atoms with E-state index < -0.39 is 0 Å². The van der Waals surface area contributed by atoms with Crippen LogP contribution in [0, 0.1) is 5.92 Å². The second kappa shape index (κ2) is 6.76. The molecule has 1 aliphatic heterocycles. The third kappa shape index (κ3) is 3.21. The molecule has 0 spiro atoms. The van der Waals surface area contributed by atoms with E-state index in [4.69, 9.17) is 5.73 Å². The van der Waals surface area contributed by atoms with Gasteiger partial charge in [0.15, 0.2) is 5.82 Å². The Labute approximate surface area is 142 Å². The highest BCUT2D eigenvalue weighted by Crippen LogP contribution is 2.34. The Morgan fingerprint density at radius 1 is 1.25 bits per heavy atom. The van der Waals surface area contributed by atoms with Crippen LogP contribution < -0.4 is 16.0 Å². The molecule has 2 aromatic rings. The van der Waals surface area contributed by atoms with Gasteiger partial charge in [0.25, 0.3) is 0 Å². The van der Waals surface area contributed by atoms with Gasteiger partial charge in [-0.15, -0.1) is 0 Å². The number of nitrogens with zero attached hydrogens (tertiary/aromatic N) is 4. The number of nitrogens with two attached hydrogens (primary N) is 1. The lowest BCUT2D eigenvalue weighted by molar-refractivity contribution is 0.602. The molecule has 4 rings (SSSR count). The fourth-order valence-corrected chi connectivity index (χ4v) is 3.75. The topological polar surface area (TPSA) is 95.8 Å². The Hall–Kier alpha value is -2.15. The monoisotopic (exact) mass is 327 g/mol. The van der Waals surface area contributed by atoms with Crippen LogP contribution in [0.1, 0.15) is 43.7 Å². The molecule has 0 bridgehead atoms. The lowest BCUT2D eigenvalue weighted by atomic mass is 10.0. The van der Waals surface area contributed by atoms with Crippen molar-refractivity contribution in [2.24, 2.45) is 11.7 Å². The van der Waals surface area contributed by atoms with Gasteiger partial charge in [-0.05, 0) is 37.8 Å². The molecule has 4 N–H and O–H groups in total. The predicted molar refractivity (Wildman–Crippen MR) is 94.5 cm³/mol. The summed E-state index contributed by atoms with van der Waals surface area (Å²) in [5.74, 6) is 3.54. The molecule has 128 valence electrons. The van der Waals surface area contributed by atoms with E-state index in [9.17, 15) is 0 Å². The summed E-state index contributed by atoms with van der Waals surface area (Å²) in [6.45, 7) is 2.64. The van der Waals surface area contributed by atoms with Crippen LogP contribution in [0.2, 0.25) is 0 Å². The molecule has 1 atom stereocenters. The van der Waals surface area contributed by atoms with E-state index in [0.717, 1.165) is 43.6 Å². The zero-order chi connectivity index (χ0) is 16.4. The minimum atomic E-state index is 0.547. The highest BCUT2D eigenvalue weighted by atomic mass is 15.3. The Bertz CT molecular complexity index is 677. The fourth-order valence-electron chi connectivity index (χ4n) is 3.75. The van der Waals surface area contributed by atoms with E-state index in [1.807, 2.05) is 6.07 Å². The summed E-state index contributed by atoms with van der Waals surface area (Å²) in [5, 5.41) is 10.8. The highest BCUT2D eigenvalue weighted by molar-refractivity contribution is 5.53. The molecule has 24 heavy (non-hydrogen) atoms. The quantitative estimate of drug-likeness (QED) is 0.780. The Morgan fingerprint density at radius 3 is 2.92 bits per heavy atom. The Kier molecular flexibility index (Phi) is 4.34. The maximum Gasteiger partial charge on any atom is 0.227 e. The fraction of sp³-hybridized carbons (Fsp3) is 0.588. The molecule has 0 unspecified atom stereocenters. The van der Waals surface area contributed by atoms with Gasteiger partial charge < -0.3 is 16.0 Å². The second-order valence-corrected chi connectivity index (χ2v) is 6.89. The molecule has 7 heteroatoms. The first-order chi connectivity index (χ1) is 11.8. The van der Waals surface area contributed by atoms with Gasteiger partial charge in [0.2, 0.25) is 5.95 Å². The largest absolute Gasteiger partial charge is 0.340 e. The van der Waals surface area contributed by atoms with Crippen LogP contribution in [0.4, 0.5) is 17.6 Å². The van der Waals surface area contributed by atoms with Crippen LogP contribution in [0.3, 0.4) is 0 Å². The first-order valence-electron chi connectivity index (χ1n) is 8.92. The van der Waals surface area contributed by atoms with E-state index in [1.54, 1.807) is 6.20 Å². The van der Waals surface area contributed by atoms with Crippen molar-refractivity contribution in [3.63, 3.8) is 0 Å². The summed E-state index contributed by atoms with van der Waals surface area (Å²) in [6, 6.07) is 3.99. The lowest BCUT2D eigenvalue weighted by Crippen LogP contribution is -2.24. The van der Waals surface area contributed by atoms with E-state index in [1.165, 1.54) is 31.4 Å². The van der Waals surface area contributed by atoms with Gasteiger partial charge in [0.1, 0.15) is 5.82 Å². The van der Waals surface area contributed by atoms with Gasteiger partial charge in [0, 0.05) is 37.0 Å². The van der Waals surface area contributed by atoms with Gasteiger partial charge >= 0.3 is 0 Å². The molecule has 2 aliphatic rings. The van der Waals surface area contributed by atoms with Crippen LogP contribution >= 0.6 is 0 Å². The molecule has 1 saturated carbocycles. The number of hydrogen-bond acceptors (Lipinski definition) is 6. The summed E-state index contributed by atoms with van der Waals surface area (Å²) < 4.78 is 0. The molecule has 7 nitrogen and oxygen atoms in total. The van der Waals surface area contributed by atoms with Gasteiger partial charge in [0.05, 0.1) is 0 Å². The van der Waals surface area contributed by atoms with Crippen molar-refractivity contribution < 1.29 is 0 Å². The number of aromatic amines is 1. The molecule has 1 aliphatic carbocycles. The number of nitrogens with one attached hydrogen (secondary N) is 2. The average molecular weight is 327 g/mol. The maximum absolute atomic E-state index is 5.77. The molecule has 3 heterocycles. The summed E-state index contributed by atoms with van der Waals surface area (Å²) in [4.78, 5) is 11.2. The number of H-pyrrole nitrogens is 1. The minimum Gasteiger partial charge on any atom is -0.340 e. The van der Waals surface area contributed by atoms with Crippen molar-refractivity contribution in [2.75, 3.05) is 29.9 Å². The first kappa shape index (κ1) is 15.4. The van der Waals surface area contributed by atoms with Crippen LogP contribution in [0.25, 0.3) is 0 Å². The van der Waals surface area contributed by atoms with Gasteiger partial charge in [-0.3, -0.25) is 5.10 Å². The van der Waals surface area contributed by atoms with Crippen LogP contribution in [-0.2, 0) is 0 Å². The Morgan fingerprint density at radius 2 is 2.12 bits per heavy atom. The zero-order valence-corrected chi connectivity index (χ0v) is 13.9. The lowest BCUT2D eigenvalue weighted by Gasteiger charge is -2.16. The van der Waals surface area contributed by atoms with E-state index in [0.29, 0.717) is 11.8 Å². The zero-order valence-electron chi connectivity index (χ0n) is 13.9. The first-order valence-corrected chi connectivity index (χ1v) is 8.92. The van der Waals surface area contributed by atoms with Gasteiger partial charge in [-0.1, -0.05) is 12.8 Å². The van der Waals surface area contributed by atoms with E-state index >= 15 is 0 Å². The smallest absolute Gasteiger partial charge is 0.227 e. The van der Waals surface area contributed by atoms with Crippen LogP contribution in [0.5, 0.6) is 0 Å². The summed E-state index contributed by atoms with van der Waals surface area (Å²) in [5.41, 5.74) is 7.00. The number of hydrogen-bond donors (Lipinski definition) is 3. The predicted octanol–water partition coefficient (Wildman–Crippen LogP) is 2.39.